The van der Waals surface area contributed by atoms with E-state index in [0.29, 0.717) is 12.2 Å². The minimum absolute atomic E-state index is 0. The average molecular weight is 248 g/mol. The van der Waals surface area contributed by atoms with Crippen LogP contribution in [0.2, 0.25) is 0 Å². The van der Waals surface area contributed by atoms with Crippen LogP contribution in [0.5, 0.6) is 0 Å². The zero-order valence-corrected chi connectivity index (χ0v) is 10.4. The quantitative estimate of drug-likeness (QED) is 0.348. The number of benzene rings is 1. The van der Waals surface area contributed by atoms with Crippen LogP contribution in [0.1, 0.15) is 17.3 Å². The first kappa shape index (κ1) is 14.4. The second kappa shape index (κ2) is 4.91. The average Bonchev–Trinajstić information content (AvgIpc) is 2.26. The number of carboxylic acids is 1. The van der Waals surface area contributed by atoms with Crippen LogP contribution in [0.3, 0.4) is 0 Å². The van der Waals surface area contributed by atoms with E-state index in [4.69, 9.17) is 11.6 Å². The van der Waals surface area contributed by atoms with Crippen molar-refractivity contribution in [1.29, 1.82) is 0 Å². The number of hydrogen-bond acceptors (Lipinski definition) is 4. The van der Waals surface area contributed by atoms with Gasteiger partial charge in [-0.1, -0.05) is 23.7 Å². The van der Waals surface area contributed by atoms with Crippen LogP contribution in [-0.4, -0.2) is 28.7 Å². The Kier molecular flexibility index (Phi) is 4.16. The fourth-order valence-electron chi connectivity index (χ4n) is 1.76. The summed E-state index contributed by atoms with van der Waals surface area (Å²) >= 11 is 5.99. The topological polar surface area (TPSA) is 63.6 Å². The molecule has 2 rings (SSSR count). The fourth-order valence-corrected chi connectivity index (χ4v) is 2.01. The summed E-state index contributed by atoms with van der Waals surface area (Å²) in [6.07, 6.45) is 0. The van der Waals surface area contributed by atoms with E-state index in [2.05, 4.69) is 0 Å². The summed E-state index contributed by atoms with van der Waals surface area (Å²) in [4.78, 5) is 12.4. The van der Waals surface area contributed by atoms with Gasteiger partial charge in [0.2, 0.25) is 0 Å². The molecule has 0 spiro atoms. The van der Waals surface area contributed by atoms with Gasteiger partial charge in [-0.2, -0.15) is 0 Å². The van der Waals surface area contributed by atoms with E-state index in [-0.39, 0.29) is 24.4 Å². The number of carbonyl (C=O) groups excluding carboxylic acids is 1. The SMILES string of the molecule is CC1(O)CN(c2cccc(C(=O)[O-])c2)C1Cl.[Li+]. The number of β-amino-alcohol motifs (C(OH)–C–C–N with tert-alkyl or cyclic N) is 1. The normalized spacial score (nSPS) is 27.0. The smallest absolute Gasteiger partial charge is 0.545 e. The molecule has 0 radical (unpaired) electrons. The molecular formula is C11H11ClLiNO3. The molecule has 1 aliphatic rings. The van der Waals surface area contributed by atoms with Crippen LogP contribution in [0, 0.1) is 0 Å². The Bertz CT molecular complexity index is 438. The van der Waals surface area contributed by atoms with E-state index in [0.717, 1.165) is 0 Å². The molecular weight excluding hydrogens is 237 g/mol. The Morgan fingerprint density at radius 1 is 1.65 bits per heavy atom. The molecule has 0 aromatic heterocycles. The van der Waals surface area contributed by atoms with E-state index in [9.17, 15) is 15.0 Å². The maximum absolute atomic E-state index is 10.7. The molecule has 2 atom stereocenters. The first-order valence-corrected chi connectivity index (χ1v) is 5.30. The summed E-state index contributed by atoms with van der Waals surface area (Å²) in [5.74, 6) is -1.22. The molecule has 1 saturated heterocycles. The number of halogens is 1. The zero-order chi connectivity index (χ0) is 11.9. The molecule has 1 aromatic rings. The summed E-state index contributed by atoms with van der Waals surface area (Å²) < 4.78 is 0. The molecule has 2 unspecified atom stereocenters. The summed E-state index contributed by atoms with van der Waals surface area (Å²) in [6, 6.07) is 6.31. The van der Waals surface area contributed by atoms with Crippen molar-refractivity contribution in [2.24, 2.45) is 0 Å². The fraction of sp³-hybridized carbons (Fsp3) is 0.364. The van der Waals surface area contributed by atoms with Crippen molar-refractivity contribution in [1.82, 2.24) is 0 Å². The van der Waals surface area contributed by atoms with Gasteiger partial charge in [0, 0.05) is 5.69 Å². The maximum Gasteiger partial charge on any atom is 1.00 e. The van der Waals surface area contributed by atoms with Crippen LogP contribution in [-0.2, 0) is 0 Å². The minimum Gasteiger partial charge on any atom is -0.545 e. The standard InChI is InChI=1S/C11H12ClNO3.Li/c1-11(16)6-13(10(11)12)8-4-2-3-7(5-8)9(14)15;/h2-5,10,16H,6H2,1H3,(H,14,15);/q;+1/p-1. The van der Waals surface area contributed by atoms with Gasteiger partial charge in [-0.05, 0) is 24.6 Å². The van der Waals surface area contributed by atoms with Gasteiger partial charge in [0.15, 0.2) is 0 Å². The summed E-state index contributed by atoms with van der Waals surface area (Å²) in [5, 5.41) is 20.4. The Balaban J connectivity index is 0.00000144. The molecule has 1 N–H and O–H groups in total. The number of alkyl halides is 1. The van der Waals surface area contributed by atoms with Crippen LogP contribution < -0.4 is 28.9 Å². The van der Waals surface area contributed by atoms with Gasteiger partial charge in [-0.3, -0.25) is 0 Å². The summed E-state index contributed by atoms with van der Waals surface area (Å²) in [6.45, 7) is 2.03. The molecule has 1 fully saturated rings. The Morgan fingerprint density at radius 2 is 2.29 bits per heavy atom. The van der Waals surface area contributed by atoms with E-state index < -0.39 is 17.1 Å². The minimum atomic E-state index is -1.22. The molecule has 86 valence electrons. The van der Waals surface area contributed by atoms with Crippen LogP contribution in [0.4, 0.5) is 5.69 Å². The summed E-state index contributed by atoms with van der Waals surface area (Å²) in [5.41, 5.74) is -0.690. The molecule has 17 heavy (non-hydrogen) atoms. The van der Waals surface area contributed by atoms with Crippen molar-refractivity contribution in [3.05, 3.63) is 29.8 Å². The van der Waals surface area contributed by atoms with Gasteiger partial charge in [0.25, 0.3) is 0 Å². The number of carbonyl (C=O) groups is 1. The monoisotopic (exact) mass is 247 g/mol. The van der Waals surface area contributed by atoms with Gasteiger partial charge in [0.05, 0.1) is 12.5 Å². The van der Waals surface area contributed by atoms with Crippen molar-refractivity contribution < 1.29 is 33.9 Å². The van der Waals surface area contributed by atoms with E-state index in [1.165, 1.54) is 12.1 Å². The van der Waals surface area contributed by atoms with Gasteiger partial charge < -0.3 is 19.9 Å². The van der Waals surface area contributed by atoms with Crippen molar-refractivity contribution in [3.63, 3.8) is 0 Å². The second-order valence-corrected chi connectivity index (χ2v) is 4.57. The van der Waals surface area contributed by atoms with E-state index in [1.54, 1.807) is 24.0 Å². The summed E-state index contributed by atoms with van der Waals surface area (Å²) in [7, 11) is 0. The molecule has 0 saturated carbocycles. The number of anilines is 1. The number of aliphatic hydroxyl groups is 1. The number of nitrogens with zero attached hydrogens (tertiary/aromatic N) is 1. The Hall–Kier alpha value is -0.663. The van der Waals surface area contributed by atoms with Gasteiger partial charge in [-0.25, -0.2) is 0 Å². The zero-order valence-electron chi connectivity index (χ0n) is 9.68. The van der Waals surface area contributed by atoms with Crippen LogP contribution in [0.15, 0.2) is 24.3 Å². The molecule has 1 aliphatic heterocycles. The van der Waals surface area contributed by atoms with E-state index in [1.807, 2.05) is 0 Å². The molecule has 6 heteroatoms. The third-order valence-electron chi connectivity index (χ3n) is 2.69. The van der Waals surface area contributed by atoms with Crippen molar-refractivity contribution in [3.8, 4) is 0 Å². The van der Waals surface area contributed by atoms with Crippen LogP contribution in [0.25, 0.3) is 0 Å². The number of carboxylic acid groups (broad SMARTS) is 1. The van der Waals surface area contributed by atoms with Gasteiger partial charge in [0.1, 0.15) is 11.1 Å². The Morgan fingerprint density at radius 3 is 2.76 bits per heavy atom. The first-order valence-electron chi connectivity index (χ1n) is 4.86. The molecule has 1 heterocycles. The van der Waals surface area contributed by atoms with Crippen molar-refractivity contribution in [2.75, 3.05) is 11.4 Å². The largest absolute Gasteiger partial charge is 1.00 e. The first-order chi connectivity index (χ1) is 7.42. The molecule has 0 aliphatic carbocycles. The number of aromatic carboxylic acids is 1. The third kappa shape index (κ3) is 2.61. The number of rotatable bonds is 2. The van der Waals surface area contributed by atoms with Crippen molar-refractivity contribution in [2.45, 2.75) is 18.0 Å². The second-order valence-electron chi connectivity index (χ2n) is 4.16. The molecule has 4 nitrogen and oxygen atoms in total. The van der Waals surface area contributed by atoms with Gasteiger partial charge in [-0.15, -0.1) is 0 Å². The third-order valence-corrected chi connectivity index (χ3v) is 3.40. The van der Waals surface area contributed by atoms with E-state index >= 15 is 0 Å². The Labute approximate surface area is 116 Å². The predicted molar refractivity (Wildman–Crippen MR) is 58.4 cm³/mol. The molecule has 1 aromatic carbocycles. The predicted octanol–water partition coefficient (Wildman–Crippen LogP) is -2.81. The van der Waals surface area contributed by atoms with Crippen molar-refractivity contribution >= 4 is 23.3 Å². The molecule has 0 amide bonds. The van der Waals surface area contributed by atoms with Gasteiger partial charge >= 0.3 is 18.9 Å². The van der Waals surface area contributed by atoms with Crippen LogP contribution >= 0.6 is 11.6 Å². The molecule has 0 bridgehead atoms. The number of hydrogen-bond donors (Lipinski definition) is 1. The maximum atomic E-state index is 10.7.